The zero-order chi connectivity index (χ0) is 20.2. The fourth-order valence-corrected chi connectivity index (χ4v) is 3.43. The zero-order valence-corrected chi connectivity index (χ0v) is 15.9. The normalized spacial score (nSPS) is 10.5. The van der Waals surface area contributed by atoms with Crippen LogP contribution < -0.4 is 0 Å². The molecule has 1 aromatic heterocycles. The Labute approximate surface area is 168 Å². The molecule has 1 N–H and O–H groups in total. The number of nitrogens with one attached hydrogen (secondary N) is 1. The molecule has 29 heavy (non-hydrogen) atoms. The molecule has 0 atom stereocenters. The summed E-state index contributed by atoms with van der Waals surface area (Å²) in [6.07, 6.45) is 0. The van der Waals surface area contributed by atoms with E-state index in [4.69, 9.17) is 4.74 Å². The summed E-state index contributed by atoms with van der Waals surface area (Å²) in [7, 11) is 1.33. The number of H-pyrrole nitrogens is 1. The van der Waals surface area contributed by atoms with Gasteiger partial charge in [0.25, 0.3) is 0 Å². The van der Waals surface area contributed by atoms with Crippen molar-refractivity contribution >= 4 is 11.8 Å². The number of aromatic amines is 1. The van der Waals surface area contributed by atoms with E-state index in [1.165, 1.54) is 7.11 Å². The van der Waals surface area contributed by atoms with Gasteiger partial charge in [0, 0.05) is 11.1 Å². The molecule has 4 rings (SSSR count). The van der Waals surface area contributed by atoms with E-state index in [2.05, 4.69) is 4.98 Å². The van der Waals surface area contributed by atoms with E-state index in [9.17, 15) is 9.59 Å². The lowest BCUT2D eigenvalue weighted by Crippen LogP contribution is -2.06. The molecule has 0 saturated carbocycles. The molecular weight excluding hydrogens is 362 g/mol. The molecule has 0 aliphatic heterocycles. The van der Waals surface area contributed by atoms with Crippen molar-refractivity contribution in [3.8, 4) is 22.4 Å². The van der Waals surface area contributed by atoms with E-state index in [0.29, 0.717) is 22.4 Å². The lowest BCUT2D eigenvalue weighted by atomic mass is 9.92. The van der Waals surface area contributed by atoms with Crippen LogP contribution in [0.2, 0.25) is 0 Å². The predicted octanol–water partition coefficient (Wildman–Crippen LogP) is 5.37. The molecule has 0 aliphatic rings. The Balaban J connectivity index is 2.05. The van der Waals surface area contributed by atoms with Crippen LogP contribution in [0.3, 0.4) is 0 Å². The van der Waals surface area contributed by atoms with Crippen molar-refractivity contribution in [1.29, 1.82) is 0 Å². The first kappa shape index (κ1) is 18.4. The van der Waals surface area contributed by atoms with Crippen molar-refractivity contribution in [3.63, 3.8) is 0 Å². The van der Waals surface area contributed by atoms with Gasteiger partial charge in [-0.3, -0.25) is 4.79 Å². The Morgan fingerprint density at radius 1 is 0.724 bits per heavy atom. The maximum Gasteiger partial charge on any atom is 0.355 e. The SMILES string of the molecule is COC(=O)c1[nH]c(-c2ccccc2)c(C(=O)c2ccccc2)c1-c1ccccc1. The Morgan fingerprint density at radius 3 is 1.79 bits per heavy atom. The van der Waals surface area contributed by atoms with Gasteiger partial charge in [-0.2, -0.15) is 0 Å². The number of aromatic nitrogens is 1. The number of benzene rings is 3. The smallest absolute Gasteiger partial charge is 0.355 e. The average Bonchev–Trinajstić information content (AvgIpc) is 3.20. The number of ether oxygens (including phenoxy) is 1. The van der Waals surface area contributed by atoms with Crippen LogP contribution in [0.5, 0.6) is 0 Å². The van der Waals surface area contributed by atoms with Gasteiger partial charge in [0.2, 0.25) is 0 Å². The summed E-state index contributed by atoms with van der Waals surface area (Å²) in [6, 6.07) is 28.0. The summed E-state index contributed by atoms with van der Waals surface area (Å²) in [6.45, 7) is 0. The van der Waals surface area contributed by atoms with Crippen LogP contribution in [-0.2, 0) is 4.74 Å². The molecule has 0 aliphatic carbocycles. The minimum absolute atomic E-state index is 0.158. The largest absolute Gasteiger partial charge is 0.464 e. The van der Waals surface area contributed by atoms with E-state index in [0.717, 1.165) is 11.1 Å². The van der Waals surface area contributed by atoms with Gasteiger partial charge < -0.3 is 9.72 Å². The quantitative estimate of drug-likeness (QED) is 0.374. The number of carbonyl (C=O) groups is 2. The van der Waals surface area contributed by atoms with E-state index >= 15 is 0 Å². The van der Waals surface area contributed by atoms with Crippen molar-refractivity contribution in [3.05, 3.63) is 108 Å². The number of esters is 1. The van der Waals surface area contributed by atoms with Crippen molar-refractivity contribution < 1.29 is 14.3 Å². The minimum atomic E-state index is -0.520. The second kappa shape index (κ2) is 7.98. The third kappa shape index (κ3) is 3.48. The van der Waals surface area contributed by atoms with E-state index in [1.54, 1.807) is 12.1 Å². The Morgan fingerprint density at radius 2 is 1.24 bits per heavy atom. The second-order valence-electron chi connectivity index (χ2n) is 6.54. The van der Waals surface area contributed by atoms with Gasteiger partial charge in [0.05, 0.1) is 18.4 Å². The molecule has 0 unspecified atom stereocenters. The molecular formula is C25H19NO3. The molecule has 0 spiro atoms. The van der Waals surface area contributed by atoms with E-state index < -0.39 is 5.97 Å². The molecule has 0 amide bonds. The van der Waals surface area contributed by atoms with Crippen molar-refractivity contribution in [2.45, 2.75) is 0 Å². The monoisotopic (exact) mass is 381 g/mol. The van der Waals surface area contributed by atoms with Gasteiger partial charge >= 0.3 is 5.97 Å². The second-order valence-corrected chi connectivity index (χ2v) is 6.54. The number of rotatable bonds is 5. The standard InChI is InChI=1S/C25H19NO3/c1-29-25(28)23-20(17-11-5-2-6-12-17)21(24(27)19-15-9-4-10-16-19)22(26-23)18-13-7-3-8-14-18/h2-16,26H,1H3. The summed E-state index contributed by atoms with van der Waals surface area (Å²) >= 11 is 0. The molecule has 4 aromatic rings. The molecule has 0 radical (unpaired) electrons. The van der Waals surface area contributed by atoms with Crippen LogP contribution in [0.15, 0.2) is 91.0 Å². The topological polar surface area (TPSA) is 59.2 Å². The summed E-state index contributed by atoms with van der Waals surface area (Å²) in [5.74, 6) is -0.678. The Hall–Kier alpha value is -3.92. The fraction of sp³-hybridized carbons (Fsp3) is 0.0400. The molecule has 142 valence electrons. The molecule has 4 heteroatoms. The van der Waals surface area contributed by atoms with Crippen LogP contribution in [0, 0.1) is 0 Å². The summed E-state index contributed by atoms with van der Waals surface area (Å²) in [5.41, 5.74) is 4.00. The van der Waals surface area contributed by atoms with Crippen LogP contribution >= 0.6 is 0 Å². The zero-order valence-electron chi connectivity index (χ0n) is 15.9. The third-order valence-corrected chi connectivity index (χ3v) is 4.78. The number of methoxy groups -OCH3 is 1. The van der Waals surface area contributed by atoms with Crippen molar-refractivity contribution in [2.75, 3.05) is 7.11 Å². The van der Waals surface area contributed by atoms with Gasteiger partial charge in [0.15, 0.2) is 5.78 Å². The van der Waals surface area contributed by atoms with Gasteiger partial charge in [-0.15, -0.1) is 0 Å². The highest BCUT2D eigenvalue weighted by Crippen LogP contribution is 2.37. The van der Waals surface area contributed by atoms with Crippen molar-refractivity contribution in [1.82, 2.24) is 4.98 Å². The molecule has 4 nitrogen and oxygen atoms in total. The van der Waals surface area contributed by atoms with Gasteiger partial charge in [-0.05, 0) is 11.1 Å². The van der Waals surface area contributed by atoms with Crippen LogP contribution in [0.1, 0.15) is 26.4 Å². The van der Waals surface area contributed by atoms with E-state index in [-0.39, 0.29) is 11.5 Å². The lowest BCUT2D eigenvalue weighted by Gasteiger charge is -2.09. The Kier molecular flexibility index (Phi) is 5.08. The number of hydrogen-bond donors (Lipinski definition) is 1. The lowest BCUT2D eigenvalue weighted by molar-refractivity contribution is 0.0596. The van der Waals surface area contributed by atoms with Gasteiger partial charge in [-0.1, -0.05) is 91.0 Å². The number of hydrogen-bond acceptors (Lipinski definition) is 3. The maximum atomic E-state index is 13.6. The summed E-state index contributed by atoms with van der Waals surface area (Å²) in [4.78, 5) is 29.4. The summed E-state index contributed by atoms with van der Waals surface area (Å²) in [5, 5.41) is 0. The highest BCUT2D eigenvalue weighted by atomic mass is 16.5. The van der Waals surface area contributed by atoms with Crippen molar-refractivity contribution in [2.24, 2.45) is 0 Å². The third-order valence-electron chi connectivity index (χ3n) is 4.78. The fourth-order valence-electron chi connectivity index (χ4n) is 3.43. The molecule has 1 heterocycles. The first-order valence-electron chi connectivity index (χ1n) is 9.25. The first-order chi connectivity index (χ1) is 14.2. The highest BCUT2D eigenvalue weighted by Gasteiger charge is 2.29. The molecule has 0 saturated heterocycles. The van der Waals surface area contributed by atoms with Crippen LogP contribution in [0.4, 0.5) is 0 Å². The first-order valence-corrected chi connectivity index (χ1v) is 9.25. The highest BCUT2D eigenvalue weighted by molar-refractivity contribution is 6.19. The van der Waals surface area contributed by atoms with Crippen LogP contribution in [-0.4, -0.2) is 23.8 Å². The maximum absolute atomic E-state index is 13.6. The number of carbonyl (C=O) groups excluding carboxylic acids is 2. The van der Waals surface area contributed by atoms with Gasteiger partial charge in [-0.25, -0.2) is 4.79 Å². The molecule has 3 aromatic carbocycles. The van der Waals surface area contributed by atoms with Gasteiger partial charge in [0.1, 0.15) is 5.69 Å². The molecule has 0 fully saturated rings. The van der Waals surface area contributed by atoms with Crippen LogP contribution in [0.25, 0.3) is 22.4 Å². The minimum Gasteiger partial charge on any atom is -0.464 e. The number of ketones is 1. The van der Waals surface area contributed by atoms with E-state index in [1.807, 2.05) is 78.9 Å². The Bertz CT molecular complexity index is 1150. The summed E-state index contributed by atoms with van der Waals surface area (Å²) < 4.78 is 5.01. The average molecular weight is 381 g/mol. The predicted molar refractivity (Wildman–Crippen MR) is 113 cm³/mol. The molecule has 0 bridgehead atoms.